The van der Waals surface area contributed by atoms with E-state index in [9.17, 15) is 18.3 Å². The van der Waals surface area contributed by atoms with Crippen molar-refractivity contribution in [3.63, 3.8) is 0 Å². The van der Waals surface area contributed by atoms with Crippen molar-refractivity contribution < 1.29 is 18.3 Å². The third-order valence-corrected chi connectivity index (χ3v) is 3.00. The summed E-state index contributed by atoms with van der Waals surface area (Å²) >= 11 is 0. The van der Waals surface area contributed by atoms with Gasteiger partial charge in [-0.05, 0) is 37.6 Å². The summed E-state index contributed by atoms with van der Waals surface area (Å²) in [7, 11) is 0. The summed E-state index contributed by atoms with van der Waals surface area (Å²) in [6, 6.07) is 4.97. The Labute approximate surface area is 111 Å². The zero-order valence-electron chi connectivity index (χ0n) is 11.4. The van der Waals surface area contributed by atoms with Crippen LogP contribution in [0.1, 0.15) is 38.3 Å². The highest BCUT2D eigenvalue weighted by Gasteiger charge is 2.31. The Hall–Kier alpha value is -1.07. The Balaban J connectivity index is 2.73. The monoisotopic (exact) mass is 275 g/mol. The number of halogens is 3. The molecule has 0 fully saturated rings. The summed E-state index contributed by atoms with van der Waals surface area (Å²) in [5.41, 5.74) is -1.34. The van der Waals surface area contributed by atoms with Crippen LogP contribution in [0.5, 0.6) is 0 Å². The summed E-state index contributed by atoms with van der Waals surface area (Å²) in [5, 5.41) is 13.4. The first-order chi connectivity index (χ1) is 8.63. The van der Waals surface area contributed by atoms with E-state index in [4.69, 9.17) is 0 Å². The van der Waals surface area contributed by atoms with Gasteiger partial charge in [-0.25, -0.2) is 0 Å². The second kappa shape index (κ2) is 5.92. The van der Waals surface area contributed by atoms with Crippen molar-refractivity contribution in [3.05, 3.63) is 35.4 Å². The van der Waals surface area contributed by atoms with Crippen LogP contribution in [-0.4, -0.2) is 17.7 Å². The van der Waals surface area contributed by atoms with Crippen molar-refractivity contribution in [3.8, 4) is 0 Å². The van der Waals surface area contributed by atoms with E-state index < -0.39 is 17.3 Å². The number of nitrogens with one attached hydrogen (secondary N) is 1. The summed E-state index contributed by atoms with van der Waals surface area (Å²) in [6.45, 7) is 6.20. The molecule has 108 valence electrons. The average molecular weight is 275 g/mol. The van der Waals surface area contributed by atoms with Crippen molar-refractivity contribution in [2.75, 3.05) is 6.54 Å². The summed E-state index contributed by atoms with van der Waals surface area (Å²) in [5.74, 6) is 0. The molecule has 5 heteroatoms. The fraction of sp³-hybridized carbons (Fsp3) is 0.571. The predicted molar refractivity (Wildman–Crippen MR) is 68.8 cm³/mol. The van der Waals surface area contributed by atoms with Gasteiger partial charge in [0, 0.05) is 6.04 Å². The van der Waals surface area contributed by atoms with Crippen LogP contribution in [-0.2, 0) is 11.8 Å². The van der Waals surface area contributed by atoms with E-state index >= 15 is 0 Å². The minimum absolute atomic E-state index is 0.309. The van der Waals surface area contributed by atoms with E-state index in [1.54, 1.807) is 6.92 Å². The topological polar surface area (TPSA) is 32.3 Å². The molecule has 19 heavy (non-hydrogen) atoms. The molecular formula is C14H20F3NO. The summed E-state index contributed by atoms with van der Waals surface area (Å²) in [6.07, 6.45) is -3.90. The molecule has 0 aliphatic heterocycles. The number of rotatable bonds is 5. The Morgan fingerprint density at radius 2 is 1.58 bits per heavy atom. The molecule has 1 rings (SSSR count). The number of hydrogen-bond donors (Lipinski definition) is 2. The van der Waals surface area contributed by atoms with Gasteiger partial charge in [0.2, 0.25) is 0 Å². The van der Waals surface area contributed by atoms with Crippen molar-refractivity contribution in [1.29, 1.82) is 0 Å². The highest BCUT2D eigenvalue weighted by atomic mass is 19.4. The van der Waals surface area contributed by atoms with Crippen LogP contribution in [0.4, 0.5) is 13.2 Å². The van der Waals surface area contributed by atoms with E-state index in [2.05, 4.69) is 5.32 Å². The normalized spacial score (nSPS) is 15.6. The lowest BCUT2D eigenvalue weighted by atomic mass is 9.91. The number of hydrogen-bond acceptors (Lipinski definition) is 2. The Kier molecular flexibility index (Phi) is 4.98. The third-order valence-electron chi connectivity index (χ3n) is 3.00. The van der Waals surface area contributed by atoms with E-state index in [0.717, 1.165) is 12.1 Å². The molecule has 0 aliphatic rings. The molecule has 0 spiro atoms. The first-order valence-corrected chi connectivity index (χ1v) is 6.26. The van der Waals surface area contributed by atoms with E-state index in [-0.39, 0.29) is 0 Å². The standard InChI is InChI=1S/C14H20F3NO/c1-10(2)18-9-8-13(3,19)11-4-6-12(7-5-11)14(15,16)17/h4-7,10,18-19H,8-9H2,1-3H3. The van der Waals surface area contributed by atoms with Gasteiger partial charge in [-0.15, -0.1) is 0 Å². The van der Waals surface area contributed by atoms with Crippen LogP contribution in [0.15, 0.2) is 24.3 Å². The van der Waals surface area contributed by atoms with Crippen LogP contribution in [0.3, 0.4) is 0 Å². The average Bonchev–Trinajstić information content (AvgIpc) is 2.27. The van der Waals surface area contributed by atoms with Crippen LogP contribution < -0.4 is 5.32 Å². The first kappa shape index (κ1) is 16.0. The summed E-state index contributed by atoms with van der Waals surface area (Å²) in [4.78, 5) is 0. The third kappa shape index (κ3) is 4.84. The van der Waals surface area contributed by atoms with Gasteiger partial charge in [-0.2, -0.15) is 13.2 Å². The van der Waals surface area contributed by atoms with Gasteiger partial charge in [0.1, 0.15) is 0 Å². The number of aliphatic hydroxyl groups is 1. The molecule has 0 bridgehead atoms. The number of benzene rings is 1. The lowest BCUT2D eigenvalue weighted by Gasteiger charge is -2.25. The molecule has 2 N–H and O–H groups in total. The van der Waals surface area contributed by atoms with Crippen molar-refractivity contribution >= 4 is 0 Å². The lowest BCUT2D eigenvalue weighted by Crippen LogP contribution is -2.31. The van der Waals surface area contributed by atoms with E-state index in [1.165, 1.54) is 12.1 Å². The molecule has 1 unspecified atom stereocenters. The molecule has 0 saturated heterocycles. The van der Waals surface area contributed by atoms with Gasteiger partial charge in [-0.1, -0.05) is 26.0 Å². The van der Waals surface area contributed by atoms with Gasteiger partial charge in [0.05, 0.1) is 11.2 Å². The molecule has 1 aromatic rings. The minimum atomic E-state index is -4.34. The van der Waals surface area contributed by atoms with Crippen LogP contribution in [0.25, 0.3) is 0 Å². The van der Waals surface area contributed by atoms with Crippen molar-refractivity contribution in [2.24, 2.45) is 0 Å². The lowest BCUT2D eigenvalue weighted by molar-refractivity contribution is -0.137. The predicted octanol–water partition coefficient (Wildman–Crippen LogP) is 3.30. The fourth-order valence-corrected chi connectivity index (χ4v) is 1.77. The van der Waals surface area contributed by atoms with E-state index in [0.29, 0.717) is 24.6 Å². The Bertz CT molecular complexity index is 396. The second-order valence-corrected chi connectivity index (χ2v) is 5.21. The zero-order chi connectivity index (χ0) is 14.7. The van der Waals surface area contributed by atoms with Crippen molar-refractivity contribution in [2.45, 2.75) is 45.0 Å². The summed E-state index contributed by atoms with van der Waals surface area (Å²) < 4.78 is 37.3. The molecule has 0 heterocycles. The maximum atomic E-state index is 12.4. The molecule has 0 radical (unpaired) electrons. The molecule has 0 saturated carbocycles. The SMILES string of the molecule is CC(C)NCCC(C)(O)c1ccc(C(F)(F)F)cc1. The first-order valence-electron chi connectivity index (χ1n) is 6.26. The van der Waals surface area contributed by atoms with Gasteiger partial charge in [0.25, 0.3) is 0 Å². The van der Waals surface area contributed by atoms with Gasteiger partial charge in [0.15, 0.2) is 0 Å². The second-order valence-electron chi connectivity index (χ2n) is 5.21. The Morgan fingerprint density at radius 3 is 2.00 bits per heavy atom. The smallest absolute Gasteiger partial charge is 0.385 e. The van der Waals surface area contributed by atoms with Crippen LogP contribution in [0, 0.1) is 0 Å². The number of alkyl halides is 3. The zero-order valence-corrected chi connectivity index (χ0v) is 11.4. The largest absolute Gasteiger partial charge is 0.416 e. The van der Waals surface area contributed by atoms with Gasteiger partial charge < -0.3 is 10.4 Å². The molecule has 1 aromatic carbocycles. The van der Waals surface area contributed by atoms with Gasteiger partial charge in [-0.3, -0.25) is 0 Å². The van der Waals surface area contributed by atoms with Crippen molar-refractivity contribution in [1.82, 2.24) is 5.32 Å². The van der Waals surface area contributed by atoms with Crippen LogP contribution in [0.2, 0.25) is 0 Å². The maximum absolute atomic E-state index is 12.4. The highest BCUT2D eigenvalue weighted by Crippen LogP contribution is 2.31. The van der Waals surface area contributed by atoms with Crippen LogP contribution >= 0.6 is 0 Å². The van der Waals surface area contributed by atoms with Gasteiger partial charge >= 0.3 is 6.18 Å². The molecule has 1 atom stereocenters. The minimum Gasteiger partial charge on any atom is -0.385 e. The highest BCUT2D eigenvalue weighted by molar-refractivity contribution is 5.28. The molecule has 0 aromatic heterocycles. The Morgan fingerprint density at radius 1 is 1.11 bits per heavy atom. The molecular weight excluding hydrogens is 255 g/mol. The fourth-order valence-electron chi connectivity index (χ4n) is 1.77. The maximum Gasteiger partial charge on any atom is 0.416 e. The van der Waals surface area contributed by atoms with E-state index in [1.807, 2.05) is 13.8 Å². The molecule has 2 nitrogen and oxygen atoms in total. The quantitative estimate of drug-likeness (QED) is 0.864. The molecule has 0 aliphatic carbocycles. The molecule has 0 amide bonds.